The van der Waals surface area contributed by atoms with Crippen LogP contribution in [0.1, 0.15) is 28.0 Å². The molecule has 0 aliphatic heterocycles. The number of fused-ring (bicyclic) bond motifs is 1. The van der Waals surface area contributed by atoms with Crippen LogP contribution >= 0.6 is 0 Å². The topological polar surface area (TPSA) is 109 Å². The maximum absolute atomic E-state index is 12.8. The predicted octanol–water partition coefficient (Wildman–Crippen LogP) is 0.980. The van der Waals surface area contributed by atoms with Gasteiger partial charge < -0.3 is 20.3 Å². The molecule has 136 valence electrons. The monoisotopic (exact) mass is 356 g/mol. The first-order chi connectivity index (χ1) is 12.6. The summed E-state index contributed by atoms with van der Waals surface area (Å²) in [7, 11) is 0. The summed E-state index contributed by atoms with van der Waals surface area (Å²) >= 11 is 0. The summed E-state index contributed by atoms with van der Waals surface area (Å²) in [5, 5.41) is 21.5. The van der Waals surface area contributed by atoms with Crippen molar-refractivity contribution in [2.45, 2.75) is 24.8 Å². The summed E-state index contributed by atoms with van der Waals surface area (Å²) in [4.78, 5) is 29.3. The van der Waals surface area contributed by atoms with Crippen molar-refractivity contribution in [3.63, 3.8) is 0 Å². The number of hydrogen-bond donors (Lipinski definition) is 3. The zero-order valence-electron chi connectivity index (χ0n) is 14.1. The second kappa shape index (κ2) is 7.53. The normalized spacial score (nSPS) is 14.5. The minimum atomic E-state index is -1.26. The summed E-state index contributed by atoms with van der Waals surface area (Å²) in [6.45, 7) is -0.0210. The van der Waals surface area contributed by atoms with Crippen molar-refractivity contribution in [2.24, 2.45) is 0 Å². The van der Waals surface area contributed by atoms with E-state index in [1.165, 1.54) is 18.3 Å². The smallest absolute Gasteiger partial charge is 0.332 e. The van der Waals surface area contributed by atoms with Crippen LogP contribution in [0.25, 0.3) is 0 Å². The lowest BCUT2D eigenvalue weighted by atomic mass is 9.95. The van der Waals surface area contributed by atoms with E-state index in [0.717, 1.165) is 11.1 Å². The number of aliphatic hydroxyl groups is 1. The quantitative estimate of drug-likeness (QED) is 0.526. The number of aromatic hydroxyl groups is 1. The summed E-state index contributed by atoms with van der Waals surface area (Å²) in [5.74, 6) is -1.47. The van der Waals surface area contributed by atoms with E-state index in [-0.39, 0.29) is 24.7 Å². The number of aromatic nitrogens is 1. The molecular weight excluding hydrogens is 336 g/mol. The van der Waals surface area contributed by atoms with Gasteiger partial charge in [-0.3, -0.25) is 4.79 Å². The third-order valence-corrected chi connectivity index (χ3v) is 4.38. The first kappa shape index (κ1) is 17.9. The van der Waals surface area contributed by atoms with E-state index in [4.69, 9.17) is 9.84 Å². The van der Waals surface area contributed by atoms with Crippen LogP contribution in [0.2, 0.25) is 0 Å². The van der Waals surface area contributed by atoms with Gasteiger partial charge in [0.15, 0.2) is 5.69 Å². The summed E-state index contributed by atoms with van der Waals surface area (Å²) in [6.07, 6.45) is 2.30. The van der Waals surface area contributed by atoms with Crippen LogP contribution in [0.5, 0.6) is 5.75 Å². The first-order valence-corrected chi connectivity index (χ1v) is 8.37. The molecule has 0 bridgehead atoms. The van der Waals surface area contributed by atoms with Crippen molar-refractivity contribution in [1.29, 1.82) is 0 Å². The number of carbonyl (C=O) groups excluding carboxylic acids is 2. The number of hydrogen-bond acceptors (Lipinski definition) is 6. The van der Waals surface area contributed by atoms with Gasteiger partial charge in [-0.25, -0.2) is 9.78 Å². The first-order valence-electron chi connectivity index (χ1n) is 8.37. The Kier molecular flexibility index (Phi) is 5.18. The Bertz CT molecular complexity index is 796. The highest BCUT2D eigenvalue weighted by Crippen LogP contribution is 2.32. The van der Waals surface area contributed by atoms with Crippen molar-refractivity contribution in [3.8, 4) is 5.75 Å². The van der Waals surface area contributed by atoms with E-state index < -0.39 is 17.4 Å². The van der Waals surface area contributed by atoms with Crippen LogP contribution < -0.4 is 5.32 Å². The molecule has 0 unspecified atom stereocenters. The number of ether oxygens (including phenoxy) is 1. The molecule has 0 radical (unpaired) electrons. The molecule has 1 aliphatic carbocycles. The number of nitrogens with one attached hydrogen (secondary N) is 1. The highest BCUT2D eigenvalue weighted by Gasteiger charge is 2.47. The van der Waals surface area contributed by atoms with Gasteiger partial charge in [0.2, 0.25) is 0 Å². The molecule has 0 atom stereocenters. The number of esters is 1. The van der Waals surface area contributed by atoms with E-state index in [1.54, 1.807) is 0 Å². The van der Waals surface area contributed by atoms with Crippen LogP contribution in [0, 0.1) is 0 Å². The third-order valence-electron chi connectivity index (χ3n) is 4.38. The Balaban J connectivity index is 1.86. The SMILES string of the molecule is O=C(NC1(C(=O)OCCCO)Cc2ccccc2C1)c1ncccc1O. The molecule has 7 nitrogen and oxygen atoms in total. The van der Waals surface area contributed by atoms with Crippen molar-refractivity contribution < 1.29 is 24.5 Å². The average Bonchev–Trinajstić information content (AvgIpc) is 3.01. The number of rotatable bonds is 6. The number of benzene rings is 1. The molecule has 1 heterocycles. The van der Waals surface area contributed by atoms with Crippen molar-refractivity contribution in [2.75, 3.05) is 13.2 Å². The maximum Gasteiger partial charge on any atom is 0.332 e. The molecule has 3 rings (SSSR count). The fourth-order valence-electron chi connectivity index (χ4n) is 3.11. The third kappa shape index (κ3) is 3.52. The fraction of sp³-hybridized carbons (Fsp3) is 0.316. The van der Waals surface area contributed by atoms with Crippen LogP contribution in [0.4, 0.5) is 0 Å². The standard InChI is InChI=1S/C19H20N2O5/c22-9-4-10-26-18(25)19(11-13-5-1-2-6-14(13)12-19)21-17(24)16-15(23)7-3-8-20-16/h1-3,5-8,22-23H,4,9-12H2,(H,21,24). The Morgan fingerprint density at radius 1 is 1.15 bits per heavy atom. The number of nitrogens with zero attached hydrogens (tertiary/aromatic N) is 1. The van der Waals surface area contributed by atoms with E-state index in [2.05, 4.69) is 10.3 Å². The molecule has 1 aromatic carbocycles. The molecule has 26 heavy (non-hydrogen) atoms. The van der Waals surface area contributed by atoms with Gasteiger partial charge in [-0.05, 0) is 23.3 Å². The molecule has 1 aliphatic rings. The van der Waals surface area contributed by atoms with Crippen molar-refractivity contribution >= 4 is 11.9 Å². The lowest BCUT2D eigenvalue weighted by molar-refractivity contribution is -0.151. The molecule has 1 aromatic heterocycles. The zero-order valence-corrected chi connectivity index (χ0v) is 14.1. The van der Waals surface area contributed by atoms with Gasteiger partial charge in [0.1, 0.15) is 11.3 Å². The van der Waals surface area contributed by atoms with E-state index in [0.29, 0.717) is 19.3 Å². The molecule has 0 fully saturated rings. The lowest BCUT2D eigenvalue weighted by Gasteiger charge is -2.28. The van der Waals surface area contributed by atoms with Gasteiger partial charge in [0.25, 0.3) is 5.91 Å². The molecule has 2 aromatic rings. The van der Waals surface area contributed by atoms with Gasteiger partial charge in [-0.2, -0.15) is 0 Å². The minimum Gasteiger partial charge on any atom is -0.505 e. The molecular formula is C19H20N2O5. The van der Waals surface area contributed by atoms with Crippen LogP contribution in [-0.2, 0) is 22.4 Å². The number of aliphatic hydroxyl groups excluding tert-OH is 1. The molecule has 1 amide bonds. The highest BCUT2D eigenvalue weighted by molar-refractivity contribution is 5.99. The van der Waals surface area contributed by atoms with Gasteiger partial charge in [0.05, 0.1) is 6.61 Å². The van der Waals surface area contributed by atoms with E-state index >= 15 is 0 Å². The Morgan fingerprint density at radius 2 is 1.85 bits per heavy atom. The second-order valence-corrected chi connectivity index (χ2v) is 6.24. The van der Waals surface area contributed by atoms with Crippen LogP contribution in [0.3, 0.4) is 0 Å². The lowest BCUT2D eigenvalue weighted by Crippen LogP contribution is -2.56. The van der Waals surface area contributed by atoms with Crippen LogP contribution in [-0.4, -0.2) is 45.8 Å². The van der Waals surface area contributed by atoms with Gasteiger partial charge in [-0.15, -0.1) is 0 Å². The number of amides is 1. The Morgan fingerprint density at radius 3 is 2.46 bits per heavy atom. The second-order valence-electron chi connectivity index (χ2n) is 6.24. The summed E-state index contributed by atoms with van der Waals surface area (Å²) in [6, 6.07) is 10.4. The van der Waals surface area contributed by atoms with Crippen LogP contribution in [0.15, 0.2) is 42.6 Å². The predicted molar refractivity (Wildman–Crippen MR) is 92.6 cm³/mol. The molecule has 0 spiro atoms. The molecule has 7 heteroatoms. The molecule has 3 N–H and O–H groups in total. The largest absolute Gasteiger partial charge is 0.505 e. The van der Waals surface area contributed by atoms with Crippen molar-refractivity contribution in [3.05, 3.63) is 59.4 Å². The fourth-order valence-corrected chi connectivity index (χ4v) is 3.11. The van der Waals surface area contributed by atoms with Gasteiger partial charge in [0, 0.05) is 32.1 Å². The van der Waals surface area contributed by atoms with Gasteiger partial charge in [-0.1, -0.05) is 24.3 Å². The summed E-state index contributed by atoms with van der Waals surface area (Å²) < 4.78 is 5.27. The maximum atomic E-state index is 12.8. The highest BCUT2D eigenvalue weighted by atomic mass is 16.5. The van der Waals surface area contributed by atoms with Crippen molar-refractivity contribution in [1.82, 2.24) is 10.3 Å². The Hall–Kier alpha value is -2.93. The molecule has 0 saturated heterocycles. The number of carbonyl (C=O) groups is 2. The number of pyridine rings is 1. The van der Waals surface area contributed by atoms with E-state index in [1.807, 2.05) is 24.3 Å². The average molecular weight is 356 g/mol. The minimum absolute atomic E-state index is 0.0676. The molecule has 0 saturated carbocycles. The zero-order chi connectivity index (χ0) is 18.6. The van der Waals surface area contributed by atoms with Gasteiger partial charge >= 0.3 is 5.97 Å². The van der Waals surface area contributed by atoms with E-state index in [9.17, 15) is 14.7 Å². The summed E-state index contributed by atoms with van der Waals surface area (Å²) in [5.41, 5.74) is 0.500. The Labute approximate surface area is 150 Å².